The van der Waals surface area contributed by atoms with E-state index < -0.39 is 17.8 Å². The lowest BCUT2D eigenvalue weighted by Gasteiger charge is -2.27. The van der Waals surface area contributed by atoms with Gasteiger partial charge in [0.1, 0.15) is 0 Å². The monoisotopic (exact) mass is 380 g/mol. The Morgan fingerprint density at radius 3 is 2.46 bits per heavy atom. The van der Waals surface area contributed by atoms with Crippen LogP contribution in [0.15, 0.2) is 48.5 Å². The molecule has 28 heavy (non-hydrogen) atoms. The molecule has 3 unspecified atom stereocenters. The zero-order chi connectivity index (χ0) is 20.1. The maximum atomic E-state index is 12.4. The first-order valence-electron chi connectivity index (χ1n) is 9.94. The van der Waals surface area contributed by atoms with Crippen molar-refractivity contribution in [3.63, 3.8) is 0 Å². The molecule has 1 saturated heterocycles. The topological polar surface area (TPSA) is 92.4 Å². The lowest BCUT2D eigenvalue weighted by molar-refractivity contribution is -0.119. The summed E-state index contributed by atoms with van der Waals surface area (Å²) in [7, 11) is 0. The number of benzene rings is 2. The Morgan fingerprint density at radius 2 is 1.79 bits per heavy atom. The summed E-state index contributed by atoms with van der Waals surface area (Å²) < 4.78 is 0. The number of hydrogen-bond acceptors (Lipinski definition) is 3. The number of hydrogen-bond donors (Lipinski definition) is 3. The molecule has 2 aromatic carbocycles. The minimum Gasteiger partial charge on any atom is -0.478 e. The smallest absolute Gasteiger partial charge is 0.335 e. The molecule has 3 atom stereocenters. The molecule has 148 valence electrons. The molecule has 1 amide bonds. The second-order valence-corrected chi connectivity index (χ2v) is 7.58. The number of primary amides is 1. The number of aromatic carboxylic acids is 1. The Labute approximate surface area is 166 Å². The number of carboxylic acid groups (broad SMARTS) is 1. The van der Waals surface area contributed by atoms with Crippen LogP contribution >= 0.6 is 0 Å². The molecule has 1 aliphatic rings. The number of carbonyl (C=O) groups excluding carboxylic acids is 1. The first kappa shape index (κ1) is 20.1. The van der Waals surface area contributed by atoms with Crippen LogP contribution in [-0.4, -0.2) is 23.5 Å². The van der Waals surface area contributed by atoms with Crippen molar-refractivity contribution >= 4 is 11.9 Å². The van der Waals surface area contributed by atoms with Gasteiger partial charge in [0.25, 0.3) is 0 Å². The number of nitrogens with two attached hydrogens (primary N) is 1. The molecule has 5 heteroatoms. The fourth-order valence-electron chi connectivity index (χ4n) is 4.25. The highest BCUT2D eigenvalue weighted by Gasteiger charge is 2.29. The summed E-state index contributed by atoms with van der Waals surface area (Å²) in [6, 6.07) is 15.0. The van der Waals surface area contributed by atoms with Crippen LogP contribution in [0.1, 0.15) is 77.5 Å². The normalized spacial score (nSPS) is 19.4. The molecule has 1 aliphatic heterocycles. The van der Waals surface area contributed by atoms with Crippen molar-refractivity contribution < 1.29 is 14.7 Å². The Balaban J connectivity index is 1.95. The molecule has 0 aliphatic carbocycles. The number of carboxylic acids is 1. The molecule has 5 nitrogen and oxygen atoms in total. The van der Waals surface area contributed by atoms with Crippen LogP contribution in [-0.2, 0) is 4.79 Å². The van der Waals surface area contributed by atoms with E-state index in [-0.39, 0.29) is 17.5 Å². The fourth-order valence-corrected chi connectivity index (χ4v) is 4.25. The number of rotatable bonds is 6. The number of nitrogens with one attached hydrogen (secondary N) is 1. The maximum Gasteiger partial charge on any atom is 0.335 e. The minimum absolute atomic E-state index is 0.116. The van der Waals surface area contributed by atoms with E-state index in [1.807, 2.05) is 19.1 Å². The van der Waals surface area contributed by atoms with Gasteiger partial charge in [-0.3, -0.25) is 4.79 Å². The van der Waals surface area contributed by atoms with E-state index in [0.29, 0.717) is 0 Å². The van der Waals surface area contributed by atoms with Crippen LogP contribution in [0.2, 0.25) is 0 Å². The minimum atomic E-state index is -0.986. The van der Waals surface area contributed by atoms with Crippen molar-refractivity contribution in [2.45, 2.75) is 50.5 Å². The van der Waals surface area contributed by atoms with Gasteiger partial charge >= 0.3 is 5.97 Å². The molecule has 0 spiro atoms. The molecule has 1 fully saturated rings. The van der Waals surface area contributed by atoms with Crippen LogP contribution in [0.25, 0.3) is 0 Å². The zero-order valence-corrected chi connectivity index (χ0v) is 16.2. The molecule has 0 saturated carbocycles. The Kier molecular flexibility index (Phi) is 6.47. The first-order valence-corrected chi connectivity index (χ1v) is 9.94. The van der Waals surface area contributed by atoms with Crippen LogP contribution < -0.4 is 11.1 Å². The van der Waals surface area contributed by atoms with E-state index in [2.05, 4.69) is 17.4 Å². The van der Waals surface area contributed by atoms with Gasteiger partial charge in [0.05, 0.1) is 11.5 Å². The largest absolute Gasteiger partial charge is 0.478 e. The van der Waals surface area contributed by atoms with Crippen LogP contribution in [0.3, 0.4) is 0 Å². The van der Waals surface area contributed by atoms with Crippen molar-refractivity contribution in [3.8, 4) is 0 Å². The highest BCUT2D eigenvalue weighted by Crippen LogP contribution is 2.37. The first-order chi connectivity index (χ1) is 13.5. The van der Waals surface area contributed by atoms with Gasteiger partial charge in [0.2, 0.25) is 5.91 Å². The van der Waals surface area contributed by atoms with Gasteiger partial charge in [0.15, 0.2) is 0 Å². The highest BCUT2D eigenvalue weighted by atomic mass is 16.4. The molecular weight excluding hydrogens is 352 g/mol. The highest BCUT2D eigenvalue weighted by molar-refractivity contribution is 5.88. The predicted octanol–water partition coefficient (Wildman–Crippen LogP) is 3.96. The predicted molar refractivity (Wildman–Crippen MR) is 109 cm³/mol. The van der Waals surface area contributed by atoms with Crippen LogP contribution in [0.4, 0.5) is 0 Å². The third-order valence-corrected chi connectivity index (χ3v) is 5.75. The number of amides is 1. The summed E-state index contributed by atoms with van der Waals surface area (Å²) in [5.74, 6) is -2.02. The van der Waals surface area contributed by atoms with Gasteiger partial charge in [-0.2, -0.15) is 0 Å². The Hall–Kier alpha value is -2.66. The molecule has 4 N–H and O–H groups in total. The van der Waals surface area contributed by atoms with Crippen LogP contribution in [0.5, 0.6) is 0 Å². The molecule has 2 aromatic rings. The van der Waals surface area contributed by atoms with Crippen molar-refractivity contribution in [1.29, 1.82) is 0 Å². The average molecular weight is 380 g/mol. The summed E-state index contributed by atoms with van der Waals surface area (Å²) in [6.45, 7) is 3.03. The van der Waals surface area contributed by atoms with Gasteiger partial charge in [-0.25, -0.2) is 4.79 Å². The van der Waals surface area contributed by atoms with Crippen LogP contribution in [0, 0.1) is 0 Å². The number of carbonyl (C=O) groups is 2. The Bertz CT molecular complexity index is 824. The van der Waals surface area contributed by atoms with E-state index >= 15 is 0 Å². The third kappa shape index (κ3) is 4.42. The Morgan fingerprint density at radius 1 is 1.07 bits per heavy atom. The van der Waals surface area contributed by atoms with E-state index in [9.17, 15) is 9.59 Å². The summed E-state index contributed by atoms with van der Waals surface area (Å²) in [5, 5.41) is 12.8. The van der Waals surface area contributed by atoms with E-state index in [1.165, 1.54) is 37.0 Å². The van der Waals surface area contributed by atoms with Gasteiger partial charge < -0.3 is 16.2 Å². The standard InChI is InChI=1S/C23H28N2O3/c1-15(21(22(24)26)16-10-12-17(13-11-16)23(27)28)18-7-4-5-8-19(18)20-9-3-2-6-14-25-20/h4-5,7-8,10-13,15,20-21,25H,2-3,6,9,14H2,1H3,(H2,24,26)(H,27,28). The van der Waals surface area contributed by atoms with Crippen molar-refractivity contribution in [3.05, 3.63) is 70.8 Å². The lowest BCUT2D eigenvalue weighted by atomic mass is 9.79. The van der Waals surface area contributed by atoms with E-state index in [4.69, 9.17) is 10.8 Å². The SMILES string of the molecule is CC(c1ccccc1C1CCCCCN1)C(C(N)=O)c1ccc(C(=O)O)cc1. The van der Waals surface area contributed by atoms with E-state index in [1.54, 1.807) is 12.1 Å². The zero-order valence-electron chi connectivity index (χ0n) is 16.2. The van der Waals surface area contributed by atoms with Gasteiger partial charge in [-0.15, -0.1) is 0 Å². The molecule has 3 rings (SSSR count). The van der Waals surface area contributed by atoms with Gasteiger partial charge in [-0.05, 0) is 54.1 Å². The maximum absolute atomic E-state index is 12.4. The summed E-state index contributed by atoms with van der Waals surface area (Å²) in [6.07, 6.45) is 4.70. The summed E-state index contributed by atoms with van der Waals surface area (Å²) in [5.41, 5.74) is 9.07. The second-order valence-electron chi connectivity index (χ2n) is 7.58. The molecule has 0 aromatic heterocycles. The van der Waals surface area contributed by atoms with Crippen molar-refractivity contribution in [2.24, 2.45) is 5.73 Å². The lowest BCUT2D eigenvalue weighted by Crippen LogP contribution is -2.28. The van der Waals surface area contributed by atoms with Gasteiger partial charge in [-0.1, -0.05) is 56.2 Å². The van der Waals surface area contributed by atoms with Crippen molar-refractivity contribution in [2.75, 3.05) is 6.54 Å². The van der Waals surface area contributed by atoms with E-state index in [0.717, 1.165) is 24.1 Å². The average Bonchev–Trinajstić information content (AvgIpc) is 2.97. The quantitative estimate of drug-likeness (QED) is 0.707. The fraction of sp³-hybridized carbons (Fsp3) is 0.391. The van der Waals surface area contributed by atoms with Crippen molar-refractivity contribution in [1.82, 2.24) is 5.32 Å². The molecule has 0 radical (unpaired) electrons. The molecular formula is C23H28N2O3. The second kappa shape index (κ2) is 9.02. The summed E-state index contributed by atoms with van der Waals surface area (Å²) in [4.78, 5) is 23.5. The molecule has 1 heterocycles. The third-order valence-electron chi connectivity index (χ3n) is 5.75. The summed E-state index contributed by atoms with van der Waals surface area (Å²) >= 11 is 0. The van der Waals surface area contributed by atoms with Gasteiger partial charge in [0, 0.05) is 6.04 Å². The molecule has 0 bridgehead atoms.